The number of carboxylic acid groups (broad SMARTS) is 1. The third-order valence-electron chi connectivity index (χ3n) is 7.82. The molecular weight excluding hydrogens is 547 g/mol. The van der Waals surface area contributed by atoms with Crippen molar-refractivity contribution in [1.29, 1.82) is 0 Å². The number of fused-ring (bicyclic) bond motifs is 4. The van der Waals surface area contributed by atoms with E-state index in [9.17, 15) is 27.5 Å². The van der Waals surface area contributed by atoms with Crippen molar-refractivity contribution in [2.24, 2.45) is 4.99 Å². The topological polar surface area (TPSA) is 68.6 Å². The molecule has 0 bridgehead atoms. The summed E-state index contributed by atoms with van der Waals surface area (Å²) in [6, 6.07) is 10.5. The van der Waals surface area contributed by atoms with Gasteiger partial charge in [-0.15, -0.1) is 0 Å². The number of halogens is 5. The Bertz CT molecular complexity index is 1560. The van der Waals surface area contributed by atoms with Crippen molar-refractivity contribution >= 4 is 29.0 Å². The lowest BCUT2D eigenvalue weighted by molar-refractivity contribution is -0.138. The summed E-state index contributed by atoms with van der Waals surface area (Å²) in [4.78, 5) is 22.1. The van der Waals surface area contributed by atoms with Crippen LogP contribution in [0.4, 0.5) is 39.0 Å². The van der Waals surface area contributed by atoms with Crippen LogP contribution < -0.4 is 14.5 Å². The van der Waals surface area contributed by atoms with Gasteiger partial charge in [-0.2, -0.15) is 13.2 Å². The number of guanidine groups is 1. The fraction of sp³-hybridized carbons (Fsp3) is 0.310. The molecule has 2 atom stereocenters. The predicted molar refractivity (Wildman–Crippen MR) is 142 cm³/mol. The number of hydrogen-bond donors (Lipinski definition) is 1. The van der Waals surface area contributed by atoms with E-state index in [2.05, 4.69) is 9.89 Å². The molecule has 7 nitrogen and oxygen atoms in total. The molecule has 3 aromatic rings. The van der Waals surface area contributed by atoms with Crippen LogP contribution in [0, 0.1) is 11.6 Å². The van der Waals surface area contributed by atoms with Crippen LogP contribution in [0.3, 0.4) is 0 Å². The van der Waals surface area contributed by atoms with Crippen LogP contribution >= 0.6 is 0 Å². The van der Waals surface area contributed by atoms with Gasteiger partial charge >= 0.3 is 12.1 Å². The second-order valence-electron chi connectivity index (χ2n) is 10.2. The molecule has 3 aromatic carbocycles. The van der Waals surface area contributed by atoms with E-state index in [1.807, 2.05) is 4.90 Å². The number of nitrogens with zero attached hydrogens (tertiary/aromatic N) is 4. The van der Waals surface area contributed by atoms with Crippen LogP contribution in [0.15, 0.2) is 59.6 Å². The highest BCUT2D eigenvalue weighted by molar-refractivity contribution is 6.02. The quantitative estimate of drug-likeness (QED) is 0.401. The number of methoxy groups -OCH3 is 1. The number of aliphatic carboxylic acids is 1. The van der Waals surface area contributed by atoms with Gasteiger partial charge in [0.2, 0.25) is 5.96 Å². The van der Waals surface area contributed by atoms with Gasteiger partial charge in [-0.05, 0) is 54.4 Å². The van der Waals surface area contributed by atoms with Crippen molar-refractivity contribution in [3.63, 3.8) is 0 Å². The third-order valence-corrected chi connectivity index (χ3v) is 7.82. The lowest BCUT2D eigenvalue weighted by atomic mass is 9.96. The molecule has 6 rings (SSSR count). The maximum absolute atomic E-state index is 15.1. The van der Waals surface area contributed by atoms with Gasteiger partial charge in [0, 0.05) is 30.9 Å². The fourth-order valence-corrected chi connectivity index (χ4v) is 6.05. The Morgan fingerprint density at radius 2 is 1.88 bits per heavy atom. The van der Waals surface area contributed by atoms with Gasteiger partial charge in [-0.25, -0.2) is 13.8 Å². The smallest absolute Gasteiger partial charge is 0.416 e. The molecule has 1 fully saturated rings. The van der Waals surface area contributed by atoms with Crippen molar-refractivity contribution in [1.82, 2.24) is 4.90 Å². The Morgan fingerprint density at radius 1 is 1.07 bits per heavy atom. The van der Waals surface area contributed by atoms with E-state index >= 15 is 4.39 Å². The maximum atomic E-state index is 15.1. The lowest BCUT2D eigenvalue weighted by Crippen LogP contribution is -2.58. The van der Waals surface area contributed by atoms with E-state index < -0.39 is 36.0 Å². The third kappa shape index (κ3) is 4.70. The van der Waals surface area contributed by atoms with Crippen LogP contribution in [-0.4, -0.2) is 54.7 Å². The number of rotatable bonds is 4. The number of benzene rings is 3. The van der Waals surface area contributed by atoms with Crippen molar-refractivity contribution in [3.05, 3.63) is 82.9 Å². The number of anilines is 2. The van der Waals surface area contributed by atoms with Gasteiger partial charge in [-0.1, -0.05) is 12.1 Å². The normalized spacial score (nSPS) is 19.9. The largest absolute Gasteiger partial charge is 0.495 e. The lowest BCUT2D eigenvalue weighted by Gasteiger charge is -2.46. The second kappa shape index (κ2) is 9.93. The number of ether oxygens (including phenoxy) is 1. The minimum absolute atomic E-state index is 0.0403. The summed E-state index contributed by atoms with van der Waals surface area (Å²) in [5.41, 5.74) is 0.941. The van der Waals surface area contributed by atoms with E-state index in [0.717, 1.165) is 23.4 Å². The molecule has 3 aliphatic heterocycles. The van der Waals surface area contributed by atoms with Gasteiger partial charge < -0.3 is 24.5 Å². The molecule has 0 radical (unpaired) electrons. The first-order valence-electron chi connectivity index (χ1n) is 13.0. The number of hydrogen-bond acceptors (Lipinski definition) is 6. The molecule has 2 unspecified atom stereocenters. The molecule has 1 N–H and O–H groups in total. The molecule has 0 saturated carbocycles. The zero-order valence-corrected chi connectivity index (χ0v) is 21.8. The van der Waals surface area contributed by atoms with E-state index in [1.165, 1.54) is 48.4 Å². The van der Waals surface area contributed by atoms with Crippen molar-refractivity contribution in [2.75, 3.05) is 36.5 Å². The number of aliphatic imine (C=N–C) groups is 1. The van der Waals surface area contributed by atoms with Crippen molar-refractivity contribution < 1.29 is 36.6 Å². The zero-order chi connectivity index (χ0) is 29.1. The van der Waals surface area contributed by atoms with Crippen LogP contribution in [0.25, 0.3) is 0 Å². The predicted octanol–water partition coefficient (Wildman–Crippen LogP) is 5.76. The van der Waals surface area contributed by atoms with Gasteiger partial charge in [0.25, 0.3) is 0 Å². The number of alkyl halides is 3. The SMILES string of the molecule is COc1ccc(C(F)(F)F)cc1N1C(N2CCN3c4ccc(F)cc4CC3C2)=Nc2c(F)cccc2C1CC(=O)O. The van der Waals surface area contributed by atoms with E-state index in [4.69, 9.17) is 4.74 Å². The molecular formula is C29H25F5N4O3. The van der Waals surface area contributed by atoms with Gasteiger partial charge in [0.05, 0.1) is 36.9 Å². The first-order chi connectivity index (χ1) is 19.5. The average Bonchev–Trinajstić information content (AvgIpc) is 3.28. The molecule has 41 heavy (non-hydrogen) atoms. The first kappa shape index (κ1) is 26.9. The first-order valence-corrected chi connectivity index (χ1v) is 13.0. The molecule has 214 valence electrons. The Labute approximate surface area is 232 Å². The average molecular weight is 573 g/mol. The van der Waals surface area contributed by atoms with Crippen molar-refractivity contribution in [2.45, 2.75) is 31.1 Å². The fourth-order valence-electron chi connectivity index (χ4n) is 6.05. The summed E-state index contributed by atoms with van der Waals surface area (Å²) in [5.74, 6) is -2.05. The van der Waals surface area contributed by atoms with Gasteiger partial charge in [0.15, 0.2) is 0 Å². The van der Waals surface area contributed by atoms with E-state index in [0.29, 0.717) is 26.1 Å². The maximum Gasteiger partial charge on any atom is 0.416 e. The van der Waals surface area contributed by atoms with Crippen molar-refractivity contribution in [3.8, 4) is 5.75 Å². The second-order valence-corrected chi connectivity index (χ2v) is 10.2. The molecule has 3 aliphatic rings. The highest BCUT2D eigenvalue weighted by Gasteiger charge is 2.42. The zero-order valence-electron chi connectivity index (χ0n) is 21.8. The Kier molecular flexibility index (Phi) is 6.50. The highest BCUT2D eigenvalue weighted by Crippen LogP contribution is 2.46. The molecule has 0 spiro atoms. The summed E-state index contributed by atoms with van der Waals surface area (Å²) < 4.78 is 76.1. The highest BCUT2D eigenvalue weighted by atomic mass is 19.4. The molecule has 0 aliphatic carbocycles. The van der Waals surface area contributed by atoms with Crippen LogP contribution in [0.1, 0.15) is 29.2 Å². The standard InChI is InChI=1S/C29H25F5N4O3/c1-41-25-8-5-17(29(32,33)34)13-24(25)38-23(14-26(39)40)20-3-2-4-21(31)27(20)35-28(38)36-9-10-37-19(15-36)12-16-11-18(30)6-7-22(16)37/h2-8,11,13,19,23H,9-10,12,14-15H2,1H3,(H,39,40). The molecule has 3 heterocycles. The molecule has 1 saturated heterocycles. The monoisotopic (exact) mass is 572 g/mol. The minimum Gasteiger partial charge on any atom is -0.495 e. The number of carbonyl (C=O) groups is 1. The molecule has 0 amide bonds. The van der Waals surface area contributed by atoms with Crippen LogP contribution in [0.2, 0.25) is 0 Å². The summed E-state index contributed by atoms with van der Waals surface area (Å²) in [7, 11) is 1.31. The van der Waals surface area contributed by atoms with Gasteiger partial charge in [-0.3, -0.25) is 4.79 Å². The van der Waals surface area contributed by atoms with Gasteiger partial charge in [0.1, 0.15) is 23.1 Å². The summed E-state index contributed by atoms with van der Waals surface area (Å²) in [5, 5.41) is 9.86. The van der Waals surface area contributed by atoms with Crippen LogP contribution in [0.5, 0.6) is 5.75 Å². The number of piperazine rings is 1. The molecule has 0 aromatic heterocycles. The summed E-state index contributed by atoms with van der Waals surface area (Å²) in [6.07, 6.45) is -4.69. The summed E-state index contributed by atoms with van der Waals surface area (Å²) >= 11 is 0. The Hall–Kier alpha value is -4.35. The number of carboxylic acids is 1. The van der Waals surface area contributed by atoms with E-state index in [1.54, 1.807) is 6.07 Å². The number of para-hydroxylation sites is 1. The minimum atomic E-state index is -4.68. The van der Waals surface area contributed by atoms with E-state index in [-0.39, 0.29) is 40.5 Å². The molecule has 12 heteroatoms. The Morgan fingerprint density at radius 3 is 2.61 bits per heavy atom. The van der Waals surface area contributed by atoms with Crippen LogP contribution in [-0.2, 0) is 17.4 Å². The Balaban J connectivity index is 1.49. The summed E-state index contributed by atoms with van der Waals surface area (Å²) in [6.45, 7) is 1.19.